The molecule has 0 spiro atoms. The number of nitrogens with one attached hydrogen (secondary N) is 1. The molecule has 0 saturated carbocycles. The first kappa shape index (κ1) is 10.2. The molecule has 1 amide bonds. The van der Waals surface area contributed by atoms with Crippen molar-refractivity contribution in [3.05, 3.63) is 41.9 Å². The highest BCUT2D eigenvalue weighted by Crippen LogP contribution is 2.15. The Morgan fingerprint density at radius 1 is 1.44 bits per heavy atom. The van der Waals surface area contributed by atoms with Crippen LogP contribution < -0.4 is 11.1 Å². The first-order chi connectivity index (χ1) is 7.66. The summed E-state index contributed by atoms with van der Waals surface area (Å²) in [5.41, 5.74) is 5.80. The molecule has 1 aromatic carbocycles. The SMILES string of the molecule is Nc1ccc(F)cc1C(=O)Nc1ccon1. The van der Waals surface area contributed by atoms with E-state index in [4.69, 9.17) is 5.73 Å². The van der Waals surface area contributed by atoms with E-state index in [1.54, 1.807) is 0 Å². The number of amides is 1. The van der Waals surface area contributed by atoms with Gasteiger partial charge in [-0.1, -0.05) is 5.16 Å². The van der Waals surface area contributed by atoms with Gasteiger partial charge in [0.05, 0.1) is 5.56 Å². The van der Waals surface area contributed by atoms with Crippen molar-refractivity contribution in [3.63, 3.8) is 0 Å². The molecular formula is C10H8FN3O2. The van der Waals surface area contributed by atoms with Crippen molar-refractivity contribution >= 4 is 17.4 Å². The first-order valence-corrected chi connectivity index (χ1v) is 4.43. The Hall–Kier alpha value is -2.37. The number of nitrogens with zero attached hydrogens (tertiary/aromatic N) is 1. The summed E-state index contributed by atoms with van der Waals surface area (Å²) in [7, 11) is 0. The van der Waals surface area contributed by atoms with Gasteiger partial charge in [-0.2, -0.15) is 0 Å². The zero-order chi connectivity index (χ0) is 11.5. The van der Waals surface area contributed by atoms with Crippen molar-refractivity contribution in [1.29, 1.82) is 0 Å². The lowest BCUT2D eigenvalue weighted by Gasteiger charge is -2.04. The van der Waals surface area contributed by atoms with E-state index < -0.39 is 11.7 Å². The third kappa shape index (κ3) is 2.00. The fraction of sp³-hybridized carbons (Fsp3) is 0. The van der Waals surface area contributed by atoms with E-state index in [0.29, 0.717) is 0 Å². The minimum atomic E-state index is -0.536. The maximum absolute atomic E-state index is 12.9. The molecule has 1 aromatic heterocycles. The van der Waals surface area contributed by atoms with Crippen molar-refractivity contribution in [2.45, 2.75) is 0 Å². The number of rotatable bonds is 2. The van der Waals surface area contributed by atoms with Crippen LogP contribution in [0.15, 0.2) is 35.1 Å². The number of carbonyl (C=O) groups excluding carboxylic acids is 1. The number of halogens is 1. The Labute approximate surface area is 90.0 Å². The number of carbonyl (C=O) groups is 1. The zero-order valence-electron chi connectivity index (χ0n) is 8.11. The zero-order valence-corrected chi connectivity index (χ0v) is 8.11. The lowest BCUT2D eigenvalue weighted by Crippen LogP contribution is -2.14. The Kier molecular flexibility index (Phi) is 2.55. The van der Waals surface area contributed by atoms with Gasteiger partial charge in [0.15, 0.2) is 5.82 Å². The lowest BCUT2D eigenvalue weighted by molar-refractivity contribution is 0.102. The molecule has 5 nitrogen and oxygen atoms in total. The van der Waals surface area contributed by atoms with Gasteiger partial charge in [0.1, 0.15) is 12.1 Å². The summed E-state index contributed by atoms with van der Waals surface area (Å²) in [6.45, 7) is 0. The lowest BCUT2D eigenvalue weighted by atomic mass is 10.1. The summed E-state index contributed by atoms with van der Waals surface area (Å²) in [5.74, 6) is -0.820. The molecule has 0 fully saturated rings. The molecule has 0 saturated heterocycles. The van der Waals surface area contributed by atoms with Crippen LogP contribution in [0.4, 0.5) is 15.9 Å². The molecule has 0 radical (unpaired) electrons. The molecule has 82 valence electrons. The molecule has 0 aliphatic carbocycles. The van der Waals surface area contributed by atoms with Gasteiger partial charge in [-0.15, -0.1) is 0 Å². The molecule has 0 bridgehead atoms. The van der Waals surface area contributed by atoms with E-state index in [1.165, 1.54) is 24.5 Å². The number of aromatic nitrogens is 1. The summed E-state index contributed by atoms with van der Waals surface area (Å²) < 4.78 is 17.5. The van der Waals surface area contributed by atoms with Gasteiger partial charge in [-0.25, -0.2) is 4.39 Å². The Balaban J connectivity index is 2.24. The first-order valence-electron chi connectivity index (χ1n) is 4.43. The fourth-order valence-corrected chi connectivity index (χ4v) is 1.19. The van der Waals surface area contributed by atoms with Crippen LogP contribution in [-0.2, 0) is 0 Å². The van der Waals surface area contributed by atoms with Gasteiger partial charge in [0.2, 0.25) is 0 Å². The van der Waals surface area contributed by atoms with E-state index in [1.807, 2.05) is 0 Å². The van der Waals surface area contributed by atoms with Crippen LogP contribution in [0, 0.1) is 5.82 Å². The Morgan fingerprint density at radius 3 is 2.94 bits per heavy atom. The number of benzene rings is 1. The average molecular weight is 221 g/mol. The van der Waals surface area contributed by atoms with E-state index in [-0.39, 0.29) is 17.1 Å². The van der Waals surface area contributed by atoms with Crippen LogP contribution in [0.1, 0.15) is 10.4 Å². The summed E-state index contributed by atoms with van der Waals surface area (Å²) in [6, 6.07) is 5.04. The third-order valence-corrected chi connectivity index (χ3v) is 1.94. The molecule has 0 aliphatic heterocycles. The topological polar surface area (TPSA) is 81.2 Å². The van der Waals surface area contributed by atoms with Crippen LogP contribution in [0.5, 0.6) is 0 Å². The van der Waals surface area contributed by atoms with Gasteiger partial charge in [0.25, 0.3) is 5.91 Å². The van der Waals surface area contributed by atoms with Crippen LogP contribution in [0.25, 0.3) is 0 Å². The molecule has 0 atom stereocenters. The van der Waals surface area contributed by atoms with Crippen LogP contribution >= 0.6 is 0 Å². The number of anilines is 2. The van der Waals surface area contributed by atoms with E-state index in [0.717, 1.165) is 6.07 Å². The molecule has 1 heterocycles. The predicted molar refractivity (Wildman–Crippen MR) is 55.3 cm³/mol. The van der Waals surface area contributed by atoms with Crippen molar-refractivity contribution < 1.29 is 13.7 Å². The minimum Gasteiger partial charge on any atom is -0.398 e. The molecule has 0 aliphatic rings. The average Bonchev–Trinajstić information content (AvgIpc) is 2.74. The fourth-order valence-electron chi connectivity index (χ4n) is 1.19. The van der Waals surface area contributed by atoms with Crippen molar-refractivity contribution in [3.8, 4) is 0 Å². The van der Waals surface area contributed by atoms with Crippen molar-refractivity contribution in [1.82, 2.24) is 5.16 Å². The van der Waals surface area contributed by atoms with E-state index >= 15 is 0 Å². The second-order valence-electron chi connectivity index (χ2n) is 3.07. The van der Waals surface area contributed by atoms with Crippen molar-refractivity contribution in [2.75, 3.05) is 11.1 Å². The predicted octanol–water partition coefficient (Wildman–Crippen LogP) is 1.65. The highest BCUT2D eigenvalue weighted by molar-refractivity contribution is 6.07. The third-order valence-electron chi connectivity index (χ3n) is 1.94. The van der Waals surface area contributed by atoms with Crippen LogP contribution in [0.2, 0.25) is 0 Å². The standard InChI is InChI=1S/C10H8FN3O2/c11-6-1-2-8(12)7(5-6)10(15)13-9-3-4-16-14-9/h1-5H,12H2,(H,13,14,15). The molecule has 3 N–H and O–H groups in total. The van der Waals surface area contributed by atoms with Crippen LogP contribution in [0.3, 0.4) is 0 Å². The number of nitrogen functional groups attached to an aromatic ring is 1. The highest BCUT2D eigenvalue weighted by atomic mass is 19.1. The van der Waals surface area contributed by atoms with Gasteiger partial charge < -0.3 is 15.6 Å². The molecule has 2 rings (SSSR count). The number of hydrogen-bond acceptors (Lipinski definition) is 4. The smallest absolute Gasteiger partial charge is 0.259 e. The second kappa shape index (κ2) is 4.01. The molecule has 0 unspecified atom stereocenters. The van der Waals surface area contributed by atoms with Gasteiger partial charge >= 0.3 is 0 Å². The van der Waals surface area contributed by atoms with Crippen molar-refractivity contribution in [2.24, 2.45) is 0 Å². The normalized spacial score (nSPS) is 10.1. The largest absolute Gasteiger partial charge is 0.398 e. The monoisotopic (exact) mass is 221 g/mol. The van der Waals surface area contributed by atoms with Gasteiger partial charge in [-0.05, 0) is 18.2 Å². The second-order valence-corrected chi connectivity index (χ2v) is 3.07. The molecule has 6 heteroatoms. The summed E-state index contributed by atoms with van der Waals surface area (Å²) in [6.07, 6.45) is 1.31. The minimum absolute atomic E-state index is 0.0583. The maximum Gasteiger partial charge on any atom is 0.259 e. The Bertz CT molecular complexity index is 511. The Morgan fingerprint density at radius 2 is 2.25 bits per heavy atom. The van der Waals surface area contributed by atoms with Gasteiger partial charge in [0, 0.05) is 11.8 Å². The van der Waals surface area contributed by atoms with Gasteiger partial charge in [-0.3, -0.25) is 4.79 Å². The van der Waals surface area contributed by atoms with E-state index in [9.17, 15) is 9.18 Å². The summed E-state index contributed by atoms with van der Waals surface area (Å²) >= 11 is 0. The highest BCUT2D eigenvalue weighted by Gasteiger charge is 2.12. The number of hydrogen-bond donors (Lipinski definition) is 2. The maximum atomic E-state index is 12.9. The number of nitrogens with two attached hydrogens (primary N) is 1. The van der Waals surface area contributed by atoms with E-state index in [2.05, 4.69) is 15.0 Å². The quantitative estimate of drug-likeness (QED) is 0.755. The summed E-state index contributed by atoms with van der Waals surface area (Å²) in [5, 5.41) is 5.91. The molecular weight excluding hydrogens is 213 g/mol. The summed E-state index contributed by atoms with van der Waals surface area (Å²) in [4.78, 5) is 11.6. The molecule has 2 aromatic rings. The molecule has 16 heavy (non-hydrogen) atoms. The van der Waals surface area contributed by atoms with Crippen LogP contribution in [-0.4, -0.2) is 11.1 Å².